The molecule has 0 saturated carbocycles. The number of hydrogen-bond donors (Lipinski definition) is 1. The van der Waals surface area contributed by atoms with Gasteiger partial charge in [0.15, 0.2) is 0 Å². The van der Waals surface area contributed by atoms with E-state index in [9.17, 15) is 0 Å². The zero-order valence-corrected chi connectivity index (χ0v) is 12.4. The van der Waals surface area contributed by atoms with Gasteiger partial charge < -0.3 is 10.5 Å². The van der Waals surface area contributed by atoms with Crippen LogP contribution >= 0.6 is 15.9 Å². The van der Waals surface area contributed by atoms with Gasteiger partial charge in [0.25, 0.3) is 0 Å². The molecular weight excluding hydrogens is 316 g/mol. The van der Waals surface area contributed by atoms with E-state index in [0.717, 1.165) is 11.3 Å². The van der Waals surface area contributed by atoms with E-state index in [2.05, 4.69) is 28.6 Å². The smallest absolute Gasteiger partial charge is 0.131 e. The molecule has 20 heavy (non-hydrogen) atoms. The van der Waals surface area contributed by atoms with Crippen molar-refractivity contribution in [1.29, 1.82) is 5.26 Å². The molecule has 0 heterocycles. The van der Waals surface area contributed by atoms with Gasteiger partial charge in [-0.15, -0.1) is 6.58 Å². The molecule has 0 atom stereocenters. The van der Waals surface area contributed by atoms with Gasteiger partial charge >= 0.3 is 0 Å². The molecule has 0 aliphatic rings. The van der Waals surface area contributed by atoms with Crippen molar-refractivity contribution in [3.05, 3.63) is 64.7 Å². The number of benzene rings is 2. The van der Waals surface area contributed by atoms with Crippen molar-refractivity contribution in [3.63, 3.8) is 0 Å². The first-order valence-electron chi connectivity index (χ1n) is 6.01. The molecule has 0 amide bonds. The number of allylic oxidation sites excluding steroid dienone is 1. The molecule has 4 heteroatoms. The molecule has 0 spiro atoms. The predicted molar refractivity (Wildman–Crippen MR) is 83.7 cm³/mol. The molecule has 2 aromatic rings. The fourth-order valence-corrected chi connectivity index (χ4v) is 2.24. The molecule has 2 rings (SSSR count). The topological polar surface area (TPSA) is 59.0 Å². The van der Waals surface area contributed by atoms with Crippen LogP contribution in [0.25, 0.3) is 0 Å². The Balaban J connectivity index is 2.32. The number of rotatable bonds is 4. The number of nitrogens with two attached hydrogens (primary N) is 1. The van der Waals surface area contributed by atoms with Gasteiger partial charge in [0, 0.05) is 15.7 Å². The summed E-state index contributed by atoms with van der Waals surface area (Å²) in [6.07, 6.45) is 2.48. The predicted octanol–water partition coefficient (Wildman–Crippen LogP) is 4.42. The van der Waals surface area contributed by atoms with Crippen molar-refractivity contribution in [2.75, 3.05) is 5.73 Å². The summed E-state index contributed by atoms with van der Waals surface area (Å²) in [6.45, 7) is 3.73. The lowest BCUT2D eigenvalue weighted by Crippen LogP contribution is -1.94. The minimum Gasteiger partial charge on any atom is -0.457 e. The second-order valence-electron chi connectivity index (χ2n) is 4.22. The normalized spacial score (nSPS) is 9.80. The van der Waals surface area contributed by atoms with Gasteiger partial charge in [0.2, 0.25) is 0 Å². The van der Waals surface area contributed by atoms with Crippen LogP contribution in [0.3, 0.4) is 0 Å². The number of anilines is 1. The Morgan fingerprint density at radius 2 is 2.10 bits per heavy atom. The summed E-state index contributed by atoms with van der Waals surface area (Å²) in [6, 6.07) is 12.8. The van der Waals surface area contributed by atoms with Gasteiger partial charge in [-0.3, -0.25) is 0 Å². The molecule has 3 nitrogen and oxygen atoms in total. The molecule has 0 fully saturated rings. The maximum absolute atomic E-state index is 8.90. The fourth-order valence-electron chi connectivity index (χ4n) is 1.79. The molecule has 0 saturated heterocycles. The van der Waals surface area contributed by atoms with Crippen LogP contribution in [0.1, 0.15) is 11.1 Å². The summed E-state index contributed by atoms with van der Waals surface area (Å²) in [7, 11) is 0. The highest BCUT2D eigenvalue weighted by Crippen LogP contribution is 2.30. The maximum atomic E-state index is 8.90. The standard InChI is InChI=1S/C16H13BrN2O/c1-2-3-11-8-13(19)5-7-16(11)20-14-6-4-12(10-18)15(17)9-14/h2,4-9H,1,3,19H2. The number of nitrogens with zero attached hydrogens (tertiary/aromatic N) is 1. The van der Waals surface area contributed by atoms with Gasteiger partial charge in [-0.1, -0.05) is 6.08 Å². The first-order chi connectivity index (χ1) is 9.63. The highest BCUT2D eigenvalue weighted by Gasteiger charge is 2.07. The second-order valence-corrected chi connectivity index (χ2v) is 5.07. The van der Waals surface area contributed by atoms with Crippen molar-refractivity contribution in [3.8, 4) is 17.6 Å². The number of nitrogen functional groups attached to an aromatic ring is 1. The molecule has 0 aliphatic carbocycles. The van der Waals surface area contributed by atoms with Crippen LogP contribution in [-0.4, -0.2) is 0 Å². The number of hydrogen-bond acceptors (Lipinski definition) is 3. The third kappa shape index (κ3) is 3.19. The summed E-state index contributed by atoms with van der Waals surface area (Å²) >= 11 is 3.34. The molecule has 0 aliphatic heterocycles. The quantitative estimate of drug-likeness (QED) is 0.667. The van der Waals surface area contributed by atoms with Gasteiger partial charge in [-0.25, -0.2) is 0 Å². The van der Waals surface area contributed by atoms with Crippen LogP contribution in [0, 0.1) is 11.3 Å². The average molecular weight is 329 g/mol. The Hall–Kier alpha value is -2.25. The lowest BCUT2D eigenvalue weighted by molar-refractivity contribution is 0.477. The van der Waals surface area contributed by atoms with E-state index in [4.69, 9.17) is 15.7 Å². The van der Waals surface area contributed by atoms with Crippen LogP contribution in [0.2, 0.25) is 0 Å². The van der Waals surface area contributed by atoms with Crippen molar-refractivity contribution < 1.29 is 4.74 Å². The lowest BCUT2D eigenvalue weighted by atomic mass is 10.1. The minimum atomic E-state index is 0.570. The lowest BCUT2D eigenvalue weighted by Gasteiger charge is -2.11. The minimum absolute atomic E-state index is 0.570. The first-order valence-corrected chi connectivity index (χ1v) is 6.80. The number of ether oxygens (including phenoxy) is 1. The van der Waals surface area contributed by atoms with Gasteiger partial charge in [0.1, 0.15) is 17.6 Å². The van der Waals surface area contributed by atoms with E-state index >= 15 is 0 Å². The molecular formula is C16H13BrN2O. The SMILES string of the molecule is C=CCc1cc(N)ccc1Oc1ccc(C#N)c(Br)c1. The highest BCUT2D eigenvalue weighted by atomic mass is 79.9. The molecule has 2 N–H and O–H groups in total. The van der Waals surface area contributed by atoms with Gasteiger partial charge in [-0.05, 0) is 58.7 Å². The largest absolute Gasteiger partial charge is 0.457 e. The molecule has 0 aromatic heterocycles. The molecule has 2 aromatic carbocycles. The molecule has 0 unspecified atom stereocenters. The van der Waals surface area contributed by atoms with Crippen LogP contribution in [0.5, 0.6) is 11.5 Å². The molecule has 0 radical (unpaired) electrons. The Labute approximate surface area is 126 Å². The second kappa shape index (κ2) is 6.27. The summed E-state index contributed by atoms with van der Waals surface area (Å²) in [5.41, 5.74) is 8.01. The zero-order chi connectivity index (χ0) is 14.5. The highest BCUT2D eigenvalue weighted by molar-refractivity contribution is 9.10. The fraction of sp³-hybridized carbons (Fsp3) is 0.0625. The van der Waals surface area contributed by atoms with Crippen molar-refractivity contribution >= 4 is 21.6 Å². The van der Waals surface area contributed by atoms with E-state index in [1.54, 1.807) is 30.3 Å². The Kier molecular flexibility index (Phi) is 4.44. The Morgan fingerprint density at radius 1 is 1.30 bits per heavy atom. The summed E-state index contributed by atoms with van der Waals surface area (Å²) in [4.78, 5) is 0. The Morgan fingerprint density at radius 3 is 2.75 bits per heavy atom. The molecule has 0 bridgehead atoms. The Bertz CT molecular complexity index is 689. The van der Waals surface area contributed by atoms with Crippen LogP contribution < -0.4 is 10.5 Å². The average Bonchev–Trinajstić information content (AvgIpc) is 2.42. The number of nitriles is 1. The van der Waals surface area contributed by atoms with Crippen molar-refractivity contribution in [1.82, 2.24) is 0 Å². The van der Waals surface area contributed by atoms with Gasteiger partial charge in [0.05, 0.1) is 5.56 Å². The number of halogens is 1. The van der Waals surface area contributed by atoms with Crippen LogP contribution in [0.4, 0.5) is 5.69 Å². The van der Waals surface area contributed by atoms with E-state index < -0.39 is 0 Å². The molecule has 100 valence electrons. The third-order valence-electron chi connectivity index (χ3n) is 2.74. The van der Waals surface area contributed by atoms with Gasteiger partial charge in [-0.2, -0.15) is 5.26 Å². The zero-order valence-electron chi connectivity index (χ0n) is 10.8. The van der Waals surface area contributed by atoms with Crippen LogP contribution in [0.15, 0.2) is 53.5 Å². The van der Waals surface area contributed by atoms with E-state index in [1.165, 1.54) is 0 Å². The maximum Gasteiger partial charge on any atom is 0.131 e. The summed E-state index contributed by atoms with van der Waals surface area (Å²) < 4.78 is 6.56. The first kappa shape index (κ1) is 14.2. The van der Waals surface area contributed by atoms with Crippen molar-refractivity contribution in [2.24, 2.45) is 0 Å². The van der Waals surface area contributed by atoms with E-state index in [-0.39, 0.29) is 0 Å². The van der Waals surface area contributed by atoms with E-state index in [1.807, 2.05) is 12.1 Å². The summed E-state index contributed by atoms with van der Waals surface area (Å²) in [5, 5.41) is 8.90. The van der Waals surface area contributed by atoms with E-state index in [0.29, 0.717) is 27.9 Å². The van der Waals surface area contributed by atoms with Crippen LogP contribution in [-0.2, 0) is 6.42 Å². The van der Waals surface area contributed by atoms with Crippen molar-refractivity contribution in [2.45, 2.75) is 6.42 Å². The summed E-state index contributed by atoms with van der Waals surface area (Å²) in [5.74, 6) is 1.39. The third-order valence-corrected chi connectivity index (χ3v) is 3.39. The monoisotopic (exact) mass is 328 g/mol.